The lowest BCUT2D eigenvalue weighted by Crippen LogP contribution is -2.50. The average molecular weight is 602 g/mol. The predicted octanol–water partition coefficient (Wildman–Crippen LogP) is 2.44. The summed E-state index contributed by atoms with van der Waals surface area (Å²) >= 11 is 0. The molecule has 0 radical (unpaired) electrons. The van der Waals surface area contributed by atoms with Crippen molar-refractivity contribution in [3.05, 3.63) is 42.2 Å². The van der Waals surface area contributed by atoms with E-state index in [9.17, 15) is 13.0 Å². The van der Waals surface area contributed by atoms with Crippen molar-refractivity contribution < 1.29 is 22.1 Å². The minimum absolute atomic E-state index is 0.0223. The number of aromatic nitrogens is 5. The number of nitrogens with two attached hydrogens (primary N) is 1. The molecule has 2 saturated heterocycles. The van der Waals surface area contributed by atoms with Crippen molar-refractivity contribution in [1.29, 1.82) is 0 Å². The zero-order chi connectivity index (χ0) is 29.2. The van der Waals surface area contributed by atoms with Crippen molar-refractivity contribution in [3.63, 3.8) is 0 Å². The van der Waals surface area contributed by atoms with Crippen LogP contribution in [0.25, 0.3) is 17.4 Å². The van der Waals surface area contributed by atoms with Crippen LogP contribution in [-0.2, 0) is 10.8 Å². The maximum atomic E-state index is 14.7. The number of rotatable bonds is 9. The Morgan fingerprint density at radius 2 is 1.93 bits per heavy atom. The first kappa shape index (κ1) is 28.3. The fraction of sp³-hybridized carbons (Fsp3) is 0.481. The molecule has 2 N–H and O–H groups in total. The van der Waals surface area contributed by atoms with E-state index in [0.717, 1.165) is 51.6 Å². The van der Waals surface area contributed by atoms with Crippen LogP contribution in [0.2, 0.25) is 0 Å². The summed E-state index contributed by atoms with van der Waals surface area (Å²) in [6.07, 6.45) is 5.19. The van der Waals surface area contributed by atoms with Gasteiger partial charge in [-0.3, -0.25) is 9.11 Å². The third-order valence-electron chi connectivity index (χ3n) is 7.62. The summed E-state index contributed by atoms with van der Waals surface area (Å²) in [4.78, 5) is 20.1. The maximum absolute atomic E-state index is 14.7. The molecule has 0 aliphatic carbocycles. The molecule has 0 bridgehead atoms. The van der Waals surface area contributed by atoms with Crippen LogP contribution in [0.5, 0.6) is 5.75 Å². The van der Waals surface area contributed by atoms with Gasteiger partial charge in [0.05, 0.1) is 24.3 Å². The number of hydrogen-bond acceptors (Lipinski definition) is 11. The van der Waals surface area contributed by atoms with E-state index in [4.69, 9.17) is 14.9 Å². The minimum Gasteiger partial charge on any atom is -0.489 e. The standard InChI is InChI=1S/C27H33F2N9O3S/c1-42(39)13-12-41-23-15-21(19(28)14-20(23)29)36-9-7-35(8-10-36)16-18-4-2-6-37(17-18)26-32-25(30)38-27(33-26)31-24(34-38)22-5-3-11-40-22/h3,5,11,14-15,18H,2,4,6-10,12-13,16-17H2,1H3,(H2,30,31,32,33,34)/t18-,42?/m0/s1. The van der Waals surface area contributed by atoms with Gasteiger partial charge in [-0.05, 0) is 30.9 Å². The third-order valence-corrected chi connectivity index (χ3v) is 8.37. The Hall–Kier alpha value is -3.85. The molecule has 2 aliphatic rings. The highest BCUT2D eigenvalue weighted by atomic mass is 32.2. The van der Waals surface area contributed by atoms with Gasteiger partial charge in [0.25, 0.3) is 5.78 Å². The molecule has 2 aliphatic heterocycles. The number of halogens is 2. The Kier molecular flexibility index (Phi) is 8.20. The van der Waals surface area contributed by atoms with E-state index >= 15 is 0 Å². The average Bonchev–Trinajstić information content (AvgIpc) is 3.66. The molecule has 3 aromatic heterocycles. The van der Waals surface area contributed by atoms with E-state index in [0.29, 0.717) is 48.0 Å². The van der Waals surface area contributed by atoms with Crippen LogP contribution in [0, 0.1) is 17.6 Å². The Labute approximate surface area is 243 Å². The van der Waals surface area contributed by atoms with Gasteiger partial charge in [0, 0.05) is 75.0 Å². The molecule has 6 rings (SSSR count). The molecule has 12 nitrogen and oxygen atoms in total. The van der Waals surface area contributed by atoms with Crippen LogP contribution < -0.4 is 20.3 Å². The monoisotopic (exact) mass is 601 g/mol. The van der Waals surface area contributed by atoms with Gasteiger partial charge in [-0.15, -0.1) is 5.10 Å². The molecule has 0 spiro atoms. The molecule has 2 atom stereocenters. The molecule has 5 heterocycles. The molecular formula is C27H33F2N9O3S. The van der Waals surface area contributed by atoms with Gasteiger partial charge in [0.1, 0.15) is 5.82 Å². The summed E-state index contributed by atoms with van der Waals surface area (Å²) in [6, 6.07) is 5.81. The fourth-order valence-corrected chi connectivity index (χ4v) is 5.84. The van der Waals surface area contributed by atoms with Gasteiger partial charge in [-0.2, -0.15) is 19.5 Å². The predicted molar refractivity (Wildman–Crippen MR) is 155 cm³/mol. The highest BCUT2D eigenvalue weighted by Crippen LogP contribution is 2.30. The zero-order valence-electron chi connectivity index (χ0n) is 23.3. The van der Waals surface area contributed by atoms with Crippen molar-refractivity contribution in [2.45, 2.75) is 12.8 Å². The normalized spacial score (nSPS) is 19.0. The van der Waals surface area contributed by atoms with Crippen LogP contribution in [0.1, 0.15) is 12.8 Å². The number of fused-ring (bicyclic) bond motifs is 1. The Morgan fingerprint density at radius 1 is 1.10 bits per heavy atom. The van der Waals surface area contributed by atoms with Crippen LogP contribution in [-0.4, -0.2) is 98.1 Å². The Balaban J connectivity index is 1.06. The van der Waals surface area contributed by atoms with Crippen LogP contribution in [0.4, 0.5) is 26.4 Å². The molecule has 224 valence electrons. The van der Waals surface area contributed by atoms with Gasteiger partial charge in [-0.25, -0.2) is 8.78 Å². The molecule has 1 unspecified atom stereocenters. The lowest BCUT2D eigenvalue weighted by atomic mass is 9.97. The first-order chi connectivity index (χ1) is 20.3. The lowest BCUT2D eigenvalue weighted by molar-refractivity contribution is 0.205. The molecule has 1 aromatic carbocycles. The van der Waals surface area contributed by atoms with Crippen molar-refractivity contribution >= 4 is 34.2 Å². The summed E-state index contributed by atoms with van der Waals surface area (Å²) in [6.45, 7) is 5.33. The second-order valence-electron chi connectivity index (χ2n) is 10.6. The van der Waals surface area contributed by atoms with Crippen LogP contribution in [0.3, 0.4) is 0 Å². The topological polar surface area (TPSA) is 131 Å². The number of hydrogen-bond donors (Lipinski definition) is 1. The number of ether oxygens (including phenoxy) is 1. The summed E-state index contributed by atoms with van der Waals surface area (Å²) in [7, 11) is -1.05. The molecule has 42 heavy (non-hydrogen) atoms. The summed E-state index contributed by atoms with van der Waals surface area (Å²) in [5, 5.41) is 4.37. The number of anilines is 3. The second kappa shape index (κ2) is 12.2. The Bertz CT molecular complexity index is 1560. The highest BCUT2D eigenvalue weighted by molar-refractivity contribution is 7.84. The molecule has 0 amide bonds. The van der Waals surface area contributed by atoms with E-state index in [1.54, 1.807) is 24.7 Å². The number of benzene rings is 1. The SMILES string of the molecule is CS(=O)CCOc1cc(N2CCN(C[C@@H]3CCCN(c4nc(N)n5nc(-c6ccco6)nc5n4)C3)CC2)c(F)cc1F. The van der Waals surface area contributed by atoms with E-state index in [1.165, 1.54) is 10.6 Å². The maximum Gasteiger partial charge on any atom is 0.259 e. The van der Waals surface area contributed by atoms with Crippen molar-refractivity contribution in [1.82, 2.24) is 29.5 Å². The van der Waals surface area contributed by atoms with E-state index < -0.39 is 22.4 Å². The number of nitrogen functional groups attached to an aromatic ring is 1. The zero-order valence-corrected chi connectivity index (χ0v) is 24.1. The number of piperidine rings is 1. The van der Waals surface area contributed by atoms with Gasteiger partial charge < -0.3 is 24.7 Å². The van der Waals surface area contributed by atoms with E-state index in [-0.39, 0.29) is 24.1 Å². The smallest absolute Gasteiger partial charge is 0.259 e. The first-order valence-corrected chi connectivity index (χ1v) is 15.6. The number of piperazine rings is 1. The van der Waals surface area contributed by atoms with E-state index in [2.05, 4.69) is 29.9 Å². The molecule has 0 saturated carbocycles. The largest absolute Gasteiger partial charge is 0.489 e. The van der Waals surface area contributed by atoms with Gasteiger partial charge >= 0.3 is 0 Å². The highest BCUT2D eigenvalue weighted by Gasteiger charge is 2.28. The molecule has 15 heteroatoms. The molecule has 4 aromatic rings. The van der Waals surface area contributed by atoms with E-state index in [1.807, 2.05) is 4.90 Å². The quantitative estimate of drug-likeness (QED) is 0.304. The first-order valence-electron chi connectivity index (χ1n) is 13.9. The molecular weight excluding hydrogens is 568 g/mol. The summed E-state index contributed by atoms with van der Waals surface area (Å²) < 4.78 is 52.5. The van der Waals surface area contributed by atoms with Crippen molar-refractivity contribution in [2.75, 3.05) is 80.0 Å². The van der Waals surface area contributed by atoms with Gasteiger partial charge in [0.2, 0.25) is 17.7 Å². The van der Waals surface area contributed by atoms with Crippen LogP contribution in [0.15, 0.2) is 34.9 Å². The number of nitrogens with zero attached hydrogens (tertiary/aromatic N) is 8. The second-order valence-corrected chi connectivity index (χ2v) is 12.2. The van der Waals surface area contributed by atoms with Gasteiger partial charge in [-0.1, -0.05) is 0 Å². The Morgan fingerprint density at radius 3 is 2.69 bits per heavy atom. The lowest BCUT2D eigenvalue weighted by Gasteiger charge is -2.40. The minimum atomic E-state index is -1.05. The fourth-order valence-electron chi connectivity index (χ4n) is 5.52. The summed E-state index contributed by atoms with van der Waals surface area (Å²) in [5.41, 5.74) is 6.53. The summed E-state index contributed by atoms with van der Waals surface area (Å²) in [5.74, 6) is 1.31. The molecule has 2 fully saturated rings. The van der Waals surface area contributed by atoms with Crippen LogP contribution >= 0.6 is 0 Å². The van der Waals surface area contributed by atoms with Crippen molar-refractivity contribution in [2.24, 2.45) is 5.92 Å². The van der Waals surface area contributed by atoms with Crippen molar-refractivity contribution in [3.8, 4) is 17.3 Å². The third kappa shape index (κ3) is 6.16. The van der Waals surface area contributed by atoms with Gasteiger partial charge in [0.15, 0.2) is 17.3 Å². The number of furan rings is 1.